The number of fused-ring (bicyclic) bond motifs is 4. The highest BCUT2D eigenvalue weighted by molar-refractivity contribution is 7.88. The van der Waals surface area contributed by atoms with Crippen LogP contribution in [0, 0.1) is 45.3 Å². The number of nitrogens with zero attached hydrogens (tertiary/aromatic N) is 14. The standard InChI is InChI=1S/C19H19F3N4O5S.C18H20N4O3.C9H7N3O2.C8H5N3O2/c1-18(2,3)30-17(27)25-6-4-12(5-7-25)13-8-15(31-32(28,29)19(20,21)22)16-14(9-23)10-24-26(16)11-13;1-18(2,3)25-17(24)21-6-4-12(5-7-21)13-8-15(23)16-14(9-19)10-20-22(16)11-13;1-14-8-2-7(13)5-12-9(8)6(3-10)4-11-12;9-2-5-3-10-11-4-6(12)1-7(13)8(5)11/h4,8,10-11H,5-7H2,1-3H3;4,8,10-11,23H,5-7H2,1-3H3;2,4-5,13H,1H3;1,3-4,12-13H. The largest absolute Gasteiger partial charge is 0.534 e. The van der Waals surface area contributed by atoms with Gasteiger partial charge in [-0.3, -0.25) is 0 Å². The molecule has 2 aliphatic heterocycles. The van der Waals surface area contributed by atoms with Crippen LogP contribution in [0.4, 0.5) is 22.8 Å². The third kappa shape index (κ3) is 13.9. The van der Waals surface area contributed by atoms with Gasteiger partial charge in [0.2, 0.25) is 0 Å². The number of carbonyl (C=O) groups excluding carboxylic acids is 2. The van der Waals surface area contributed by atoms with Gasteiger partial charge in [0, 0.05) is 50.7 Å². The molecule has 0 saturated heterocycles. The number of hydrogen-bond donors (Lipinski definition) is 4. The van der Waals surface area contributed by atoms with Gasteiger partial charge < -0.3 is 48.6 Å². The average Bonchev–Trinajstić information content (AvgIpc) is 2.23. The van der Waals surface area contributed by atoms with Crippen molar-refractivity contribution in [2.45, 2.75) is 71.1 Å². The maximum atomic E-state index is 12.9. The van der Waals surface area contributed by atoms with Crippen molar-refractivity contribution in [3.05, 3.63) is 119 Å². The Morgan fingerprint density at radius 2 is 0.929 bits per heavy atom. The van der Waals surface area contributed by atoms with Gasteiger partial charge in [0.1, 0.15) is 109 Å². The number of pyridine rings is 4. The second kappa shape index (κ2) is 24.2. The SMILES string of the molecule is CC(C)(C)OC(=O)N1CC=C(c2cc(O)c3c(C#N)cnn3c2)CC1.CC(C)(C)OC(=O)N1CC=C(c2cc(OS(=O)(=O)C(F)(F)F)c3c(C#N)cnn3c2)CC1.COc1cc(O)cn2ncc(C#N)c12.N#Cc1cnn2cc(O)cc(O)c12. The van der Waals surface area contributed by atoms with Crippen LogP contribution < -0.4 is 8.92 Å². The summed E-state index contributed by atoms with van der Waals surface area (Å²) in [6, 6.07) is 13.0. The van der Waals surface area contributed by atoms with Crippen LogP contribution in [0.3, 0.4) is 0 Å². The number of carbonyl (C=O) groups is 2. The third-order valence-electron chi connectivity index (χ3n) is 12.0. The molecule has 0 aromatic carbocycles. The fraction of sp³-hybridized carbons (Fsp3) is 0.296. The Hall–Kier alpha value is -10.7. The topological polar surface area (TPSA) is 357 Å². The summed E-state index contributed by atoms with van der Waals surface area (Å²) in [5, 5.41) is 89.4. The number of aromatic nitrogens is 8. The lowest BCUT2D eigenvalue weighted by molar-refractivity contribution is -0.0499. The number of alkyl halides is 3. The first-order chi connectivity index (χ1) is 39.5. The van der Waals surface area contributed by atoms with E-state index in [-0.39, 0.29) is 58.8 Å². The number of halogens is 3. The lowest BCUT2D eigenvalue weighted by Crippen LogP contribution is -2.39. The second-order valence-electron chi connectivity index (χ2n) is 20.2. The van der Waals surface area contributed by atoms with Crippen LogP contribution >= 0.6 is 0 Å². The van der Waals surface area contributed by atoms with Crippen LogP contribution in [0.25, 0.3) is 33.2 Å². The lowest BCUT2D eigenvalue weighted by Gasteiger charge is -2.29. The minimum atomic E-state index is -5.97. The summed E-state index contributed by atoms with van der Waals surface area (Å²) in [7, 11) is -4.49. The van der Waals surface area contributed by atoms with E-state index in [1.165, 1.54) is 68.8 Å². The van der Waals surface area contributed by atoms with Crippen molar-refractivity contribution in [2.75, 3.05) is 33.3 Å². The molecular formula is C54H51F3N14O12S. The first kappa shape index (κ1) is 60.9. The molecule has 8 aromatic rings. The van der Waals surface area contributed by atoms with E-state index in [4.69, 9.17) is 35.1 Å². The molecule has 436 valence electrons. The molecule has 0 bridgehead atoms. The van der Waals surface area contributed by atoms with Gasteiger partial charge in [-0.25, -0.2) is 27.7 Å². The van der Waals surface area contributed by atoms with Crippen LogP contribution in [0.2, 0.25) is 0 Å². The molecule has 2 aliphatic rings. The zero-order valence-corrected chi connectivity index (χ0v) is 46.5. The Balaban J connectivity index is 0.000000171. The van der Waals surface area contributed by atoms with Gasteiger partial charge in [-0.05, 0) is 88.8 Å². The van der Waals surface area contributed by atoms with E-state index < -0.39 is 38.7 Å². The minimum absolute atomic E-state index is 0.0158. The quantitative estimate of drug-likeness (QED) is 0.0938. The van der Waals surface area contributed by atoms with E-state index in [1.807, 2.05) is 45.1 Å². The van der Waals surface area contributed by atoms with Crippen molar-refractivity contribution in [2.24, 2.45) is 0 Å². The molecule has 30 heteroatoms. The highest BCUT2D eigenvalue weighted by Crippen LogP contribution is 2.36. The number of nitriles is 4. The van der Waals surface area contributed by atoms with Gasteiger partial charge in [0.15, 0.2) is 5.75 Å². The maximum Gasteiger partial charge on any atom is 0.534 e. The molecule has 10 rings (SSSR count). The second-order valence-corrected chi connectivity index (χ2v) is 21.7. The Labute approximate surface area is 475 Å². The van der Waals surface area contributed by atoms with Gasteiger partial charge in [0.25, 0.3) is 0 Å². The zero-order valence-electron chi connectivity index (χ0n) is 45.7. The Morgan fingerprint density at radius 3 is 1.32 bits per heavy atom. The normalized spacial score (nSPS) is 13.5. The van der Waals surface area contributed by atoms with Gasteiger partial charge in [0.05, 0.1) is 44.3 Å². The molecule has 26 nitrogen and oxygen atoms in total. The number of hydrogen-bond acceptors (Lipinski definition) is 20. The molecule has 10 heterocycles. The van der Waals surface area contributed by atoms with E-state index in [2.05, 4.69) is 24.6 Å². The molecule has 0 saturated carbocycles. The maximum absolute atomic E-state index is 12.9. The van der Waals surface area contributed by atoms with Crippen LogP contribution in [0.5, 0.6) is 34.5 Å². The Morgan fingerprint density at radius 1 is 0.560 bits per heavy atom. The molecule has 0 unspecified atom stereocenters. The van der Waals surface area contributed by atoms with E-state index in [1.54, 1.807) is 50.1 Å². The fourth-order valence-electron chi connectivity index (χ4n) is 8.25. The molecule has 2 amide bonds. The summed E-state index contributed by atoms with van der Waals surface area (Å²) in [5.74, 6) is -0.445. The van der Waals surface area contributed by atoms with Crippen molar-refractivity contribution >= 4 is 55.5 Å². The van der Waals surface area contributed by atoms with Gasteiger partial charge in [-0.2, -0.15) is 63.0 Å². The number of ether oxygens (including phenoxy) is 3. The summed E-state index contributed by atoms with van der Waals surface area (Å²) in [6.45, 7) is 12.2. The van der Waals surface area contributed by atoms with Crippen molar-refractivity contribution < 1.29 is 70.0 Å². The zero-order chi connectivity index (χ0) is 61.6. The molecule has 8 aromatic heterocycles. The Bertz CT molecular complexity index is 4220. The van der Waals surface area contributed by atoms with E-state index >= 15 is 0 Å². The molecule has 0 fully saturated rings. The number of aromatic hydroxyl groups is 4. The van der Waals surface area contributed by atoms with E-state index in [9.17, 15) is 51.8 Å². The van der Waals surface area contributed by atoms with Gasteiger partial charge in [-0.1, -0.05) is 12.2 Å². The molecule has 4 N–H and O–H groups in total. The minimum Gasteiger partial charge on any atom is -0.506 e. The lowest BCUT2D eigenvalue weighted by atomic mass is 10.0. The van der Waals surface area contributed by atoms with Crippen molar-refractivity contribution in [3.63, 3.8) is 0 Å². The summed E-state index contributed by atoms with van der Waals surface area (Å²) >= 11 is 0. The van der Waals surface area contributed by atoms with Crippen LogP contribution in [-0.2, 0) is 19.6 Å². The molecular weight excluding hydrogens is 1130 g/mol. The van der Waals surface area contributed by atoms with Crippen molar-refractivity contribution in [1.29, 1.82) is 21.0 Å². The third-order valence-corrected chi connectivity index (χ3v) is 12.9. The number of amides is 2. The summed E-state index contributed by atoms with van der Waals surface area (Å²) < 4.78 is 87.1. The Kier molecular flexibility index (Phi) is 17.5. The predicted octanol–water partition coefficient (Wildman–Crippen LogP) is 7.93. The highest BCUT2D eigenvalue weighted by atomic mass is 32.2. The van der Waals surface area contributed by atoms with Crippen LogP contribution in [-0.4, -0.2) is 139 Å². The van der Waals surface area contributed by atoms with E-state index in [0.29, 0.717) is 70.5 Å². The number of methoxy groups -OCH3 is 1. The van der Waals surface area contributed by atoms with Gasteiger partial charge >= 0.3 is 27.8 Å². The first-order valence-electron chi connectivity index (χ1n) is 24.8. The summed E-state index contributed by atoms with van der Waals surface area (Å²) in [5.41, 5.74) is -2.09. The average molecular weight is 1180 g/mol. The monoisotopic (exact) mass is 1180 g/mol. The van der Waals surface area contributed by atoms with Crippen LogP contribution in [0.15, 0.2) is 86.0 Å². The van der Waals surface area contributed by atoms with Crippen LogP contribution in [0.1, 0.15) is 87.8 Å². The van der Waals surface area contributed by atoms with E-state index in [0.717, 1.165) is 34.0 Å². The number of rotatable bonds is 5. The fourth-order valence-corrected chi connectivity index (χ4v) is 8.71. The summed E-state index contributed by atoms with van der Waals surface area (Å²) in [4.78, 5) is 27.4. The van der Waals surface area contributed by atoms with Gasteiger partial charge in [-0.15, -0.1) is 0 Å². The molecule has 84 heavy (non-hydrogen) atoms. The smallest absolute Gasteiger partial charge is 0.506 e. The predicted molar refractivity (Wildman–Crippen MR) is 289 cm³/mol. The molecule has 0 atom stereocenters. The molecule has 0 radical (unpaired) electrons. The van der Waals surface area contributed by atoms with Crippen molar-refractivity contribution in [1.82, 2.24) is 48.3 Å². The first-order valence-corrected chi connectivity index (χ1v) is 26.2. The molecule has 0 aliphatic carbocycles. The van der Waals surface area contributed by atoms with Crippen molar-refractivity contribution in [3.8, 4) is 58.8 Å². The summed E-state index contributed by atoms with van der Waals surface area (Å²) in [6.07, 6.45) is 15.0. The molecule has 0 spiro atoms. The highest BCUT2D eigenvalue weighted by Gasteiger charge is 2.49.